The Morgan fingerprint density at radius 1 is 1.57 bits per heavy atom. The number of nitrogens with two attached hydrogens (primary N) is 1. The standard InChI is InChI=1S/C10H17N3S/c1-7(8-4-2-3-5-8)12-10-6-9(11)13-14-10/h6-8,12H,2-5H2,1H3,(H2,11,13). The molecule has 0 spiro atoms. The van der Waals surface area contributed by atoms with Crippen LogP contribution in [-0.4, -0.2) is 10.4 Å². The fourth-order valence-electron chi connectivity index (χ4n) is 2.16. The molecule has 1 atom stereocenters. The summed E-state index contributed by atoms with van der Waals surface area (Å²) < 4.78 is 4.05. The SMILES string of the molecule is CC(Nc1cc(N)ns1)C1CCCC1. The maximum atomic E-state index is 5.57. The zero-order chi connectivity index (χ0) is 9.97. The van der Waals surface area contributed by atoms with Gasteiger partial charge in [-0.1, -0.05) is 12.8 Å². The van der Waals surface area contributed by atoms with Crippen molar-refractivity contribution in [3.05, 3.63) is 6.07 Å². The van der Waals surface area contributed by atoms with Crippen LogP contribution in [0.25, 0.3) is 0 Å². The Balaban J connectivity index is 1.90. The Bertz CT molecular complexity index is 291. The molecule has 78 valence electrons. The van der Waals surface area contributed by atoms with E-state index in [1.807, 2.05) is 6.07 Å². The van der Waals surface area contributed by atoms with E-state index in [0.29, 0.717) is 11.9 Å². The predicted octanol–water partition coefficient (Wildman–Crippen LogP) is 2.72. The molecule has 0 radical (unpaired) electrons. The van der Waals surface area contributed by atoms with Crippen molar-refractivity contribution in [3.63, 3.8) is 0 Å². The third kappa shape index (κ3) is 2.18. The minimum absolute atomic E-state index is 0.553. The van der Waals surface area contributed by atoms with E-state index in [9.17, 15) is 0 Å². The molecule has 1 aliphatic rings. The summed E-state index contributed by atoms with van der Waals surface area (Å²) >= 11 is 1.45. The van der Waals surface area contributed by atoms with Gasteiger partial charge in [0, 0.05) is 12.1 Å². The van der Waals surface area contributed by atoms with E-state index in [-0.39, 0.29) is 0 Å². The van der Waals surface area contributed by atoms with Crippen LogP contribution >= 0.6 is 11.5 Å². The van der Waals surface area contributed by atoms with Gasteiger partial charge in [0.05, 0.1) is 0 Å². The average Bonchev–Trinajstić information content (AvgIpc) is 2.75. The van der Waals surface area contributed by atoms with Crippen LogP contribution in [0.4, 0.5) is 10.8 Å². The average molecular weight is 211 g/mol. The van der Waals surface area contributed by atoms with E-state index in [0.717, 1.165) is 10.9 Å². The molecular formula is C10H17N3S. The zero-order valence-corrected chi connectivity index (χ0v) is 9.31. The maximum absolute atomic E-state index is 5.57. The van der Waals surface area contributed by atoms with Crippen molar-refractivity contribution in [2.24, 2.45) is 5.92 Å². The molecule has 4 heteroatoms. The third-order valence-corrected chi connectivity index (χ3v) is 3.74. The number of anilines is 2. The molecule has 1 aromatic heterocycles. The monoisotopic (exact) mass is 211 g/mol. The topological polar surface area (TPSA) is 50.9 Å². The van der Waals surface area contributed by atoms with Crippen molar-refractivity contribution in [2.45, 2.75) is 38.6 Å². The number of aromatic nitrogens is 1. The molecule has 1 heterocycles. The van der Waals surface area contributed by atoms with E-state index in [2.05, 4.69) is 16.6 Å². The molecular weight excluding hydrogens is 194 g/mol. The normalized spacial score (nSPS) is 19.8. The van der Waals surface area contributed by atoms with E-state index in [1.54, 1.807) is 0 Å². The highest BCUT2D eigenvalue weighted by Gasteiger charge is 2.21. The summed E-state index contributed by atoms with van der Waals surface area (Å²) in [6.45, 7) is 2.26. The van der Waals surface area contributed by atoms with Crippen molar-refractivity contribution in [3.8, 4) is 0 Å². The van der Waals surface area contributed by atoms with Gasteiger partial charge in [-0.3, -0.25) is 0 Å². The van der Waals surface area contributed by atoms with E-state index < -0.39 is 0 Å². The lowest BCUT2D eigenvalue weighted by molar-refractivity contribution is 0.483. The summed E-state index contributed by atoms with van der Waals surface area (Å²) in [5.41, 5.74) is 5.57. The van der Waals surface area contributed by atoms with Crippen LogP contribution in [-0.2, 0) is 0 Å². The van der Waals surface area contributed by atoms with Crippen LogP contribution in [0.2, 0.25) is 0 Å². The lowest BCUT2D eigenvalue weighted by Crippen LogP contribution is -2.23. The summed E-state index contributed by atoms with van der Waals surface area (Å²) in [6, 6.07) is 2.47. The lowest BCUT2D eigenvalue weighted by Gasteiger charge is -2.19. The fourth-order valence-corrected chi connectivity index (χ4v) is 2.83. The van der Waals surface area contributed by atoms with E-state index in [1.165, 1.54) is 37.2 Å². The summed E-state index contributed by atoms with van der Waals surface area (Å²) in [4.78, 5) is 0. The Kier molecular flexibility index (Phi) is 2.91. The predicted molar refractivity (Wildman–Crippen MR) is 61.6 cm³/mol. The molecule has 14 heavy (non-hydrogen) atoms. The Labute approximate surface area is 88.9 Å². The largest absolute Gasteiger partial charge is 0.383 e. The molecule has 0 aromatic carbocycles. The lowest BCUT2D eigenvalue weighted by atomic mass is 10.0. The fraction of sp³-hybridized carbons (Fsp3) is 0.700. The van der Waals surface area contributed by atoms with Crippen LogP contribution in [0.5, 0.6) is 0 Å². The van der Waals surface area contributed by atoms with Gasteiger partial charge in [0.25, 0.3) is 0 Å². The second kappa shape index (κ2) is 4.17. The summed E-state index contributed by atoms with van der Waals surface area (Å²) in [5, 5.41) is 4.58. The molecule has 1 aromatic rings. The molecule has 0 bridgehead atoms. The van der Waals surface area contributed by atoms with E-state index >= 15 is 0 Å². The number of hydrogen-bond donors (Lipinski definition) is 2. The number of hydrogen-bond acceptors (Lipinski definition) is 4. The van der Waals surface area contributed by atoms with Gasteiger partial charge in [0.1, 0.15) is 10.8 Å². The summed E-state index contributed by atoms with van der Waals surface area (Å²) in [6.07, 6.45) is 5.51. The van der Waals surface area contributed by atoms with Crippen molar-refractivity contribution in [1.29, 1.82) is 0 Å². The van der Waals surface area contributed by atoms with Crippen LogP contribution < -0.4 is 11.1 Å². The summed E-state index contributed by atoms with van der Waals surface area (Å²) in [5.74, 6) is 1.45. The first-order chi connectivity index (χ1) is 6.75. The van der Waals surface area contributed by atoms with Crippen molar-refractivity contribution < 1.29 is 0 Å². The highest BCUT2D eigenvalue weighted by molar-refractivity contribution is 7.10. The van der Waals surface area contributed by atoms with Gasteiger partial charge in [0.2, 0.25) is 0 Å². The number of nitrogens with zero attached hydrogens (tertiary/aromatic N) is 1. The number of nitrogen functional groups attached to an aromatic ring is 1. The molecule has 2 rings (SSSR count). The van der Waals surface area contributed by atoms with Crippen LogP contribution in [0.3, 0.4) is 0 Å². The molecule has 1 fully saturated rings. The third-order valence-electron chi connectivity index (χ3n) is 3.01. The van der Waals surface area contributed by atoms with Crippen LogP contribution in [0.1, 0.15) is 32.6 Å². The molecule has 3 nitrogen and oxygen atoms in total. The smallest absolute Gasteiger partial charge is 0.139 e. The summed E-state index contributed by atoms with van der Waals surface area (Å²) in [7, 11) is 0. The van der Waals surface area contributed by atoms with Crippen LogP contribution in [0, 0.1) is 5.92 Å². The van der Waals surface area contributed by atoms with Gasteiger partial charge < -0.3 is 11.1 Å². The molecule has 0 saturated heterocycles. The van der Waals surface area contributed by atoms with Gasteiger partial charge in [-0.25, -0.2) is 0 Å². The molecule has 1 aliphatic carbocycles. The molecule has 1 saturated carbocycles. The minimum atomic E-state index is 0.553. The second-order valence-corrected chi connectivity index (χ2v) is 4.90. The zero-order valence-electron chi connectivity index (χ0n) is 8.49. The first-order valence-corrected chi connectivity index (χ1v) is 6.02. The van der Waals surface area contributed by atoms with Gasteiger partial charge in [-0.15, -0.1) is 0 Å². The second-order valence-electron chi connectivity index (χ2n) is 4.09. The number of nitrogens with one attached hydrogen (secondary N) is 1. The Morgan fingerprint density at radius 3 is 2.86 bits per heavy atom. The highest BCUT2D eigenvalue weighted by atomic mass is 32.1. The maximum Gasteiger partial charge on any atom is 0.139 e. The Hall–Kier alpha value is -0.770. The van der Waals surface area contributed by atoms with Crippen molar-refractivity contribution in [1.82, 2.24) is 4.37 Å². The van der Waals surface area contributed by atoms with Crippen LogP contribution in [0.15, 0.2) is 6.07 Å². The van der Waals surface area contributed by atoms with Gasteiger partial charge in [0.15, 0.2) is 0 Å². The molecule has 1 unspecified atom stereocenters. The molecule has 0 aliphatic heterocycles. The highest BCUT2D eigenvalue weighted by Crippen LogP contribution is 2.30. The van der Waals surface area contributed by atoms with Gasteiger partial charge >= 0.3 is 0 Å². The van der Waals surface area contributed by atoms with Gasteiger partial charge in [-0.2, -0.15) is 4.37 Å². The van der Waals surface area contributed by atoms with E-state index in [4.69, 9.17) is 5.73 Å². The van der Waals surface area contributed by atoms with Crippen molar-refractivity contribution in [2.75, 3.05) is 11.1 Å². The minimum Gasteiger partial charge on any atom is -0.383 e. The first kappa shape index (κ1) is 9.77. The molecule has 0 amide bonds. The first-order valence-electron chi connectivity index (χ1n) is 5.24. The van der Waals surface area contributed by atoms with Crippen molar-refractivity contribution >= 4 is 22.4 Å². The quantitative estimate of drug-likeness (QED) is 0.808. The molecule has 3 N–H and O–H groups in total. The number of rotatable bonds is 3. The van der Waals surface area contributed by atoms with Gasteiger partial charge in [-0.05, 0) is 37.2 Å². The Morgan fingerprint density at radius 2 is 2.29 bits per heavy atom.